The van der Waals surface area contributed by atoms with E-state index in [0.717, 1.165) is 26.1 Å². The summed E-state index contributed by atoms with van der Waals surface area (Å²) in [4.78, 5) is 13.3. The van der Waals surface area contributed by atoms with Gasteiger partial charge in [-0.15, -0.1) is 0 Å². The molecule has 22 heavy (non-hydrogen) atoms. The fourth-order valence-corrected chi connectivity index (χ4v) is 3.33. The van der Waals surface area contributed by atoms with E-state index in [1.807, 2.05) is 12.1 Å². The molecule has 3 nitrogen and oxygen atoms in total. The Morgan fingerprint density at radius 3 is 2.27 bits per heavy atom. The molecule has 0 atom stereocenters. The first-order valence-electron chi connectivity index (χ1n) is 7.73. The molecule has 2 aromatic rings. The molecule has 1 heterocycles. The molecule has 3 heteroatoms. The summed E-state index contributed by atoms with van der Waals surface area (Å²) in [5.74, 6) is -0.871. The number of rotatable bonds is 5. The van der Waals surface area contributed by atoms with Crippen LogP contribution in [0.15, 0.2) is 54.6 Å². The molecular formula is C19H21NO2. The van der Waals surface area contributed by atoms with Gasteiger partial charge in [0.15, 0.2) is 0 Å². The Kier molecular flexibility index (Phi) is 3.99. The van der Waals surface area contributed by atoms with Gasteiger partial charge in [0.05, 0.1) is 5.56 Å². The van der Waals surface area contributed by atoms with Crippen molar-refractivity contribution in [2.24, 2.45) is 0 Å². The van der Waals surface area contributed by atoms with Gasteiger partial charge in [0.2, 0.25) is 0 Å². The first-order valence-corrected chi connectivity index (χ1v) is 7.73. The highest BCUT2D eigenvalue weighted by Crippen LogP contribution is 2.38. The van der Waals surface area contributed by atoms with Crippen LogP contribution in [0.3, 0.4) is 0 Å². The van der Waals surface area contributed by atoms with E-state index in [0.29, 0.717) is 5.56 Å². The molecule has 0 unspecified atom stereocenters. The number of nitrogens with zero attached hydrogens (tertiary/aromatic N) is 1. The molecule has 114 valence electrons. The number of carbonyl (C=O) groups is 1. The average Bonchev–Trinajstić information content (AvgIpc) is 2.52. The Labute approximate surface area is 131 Å². The van der Waals surface area contributed by atoms with E-state index in [-0.39, 0.29) is 5.41 Å². The molecule has 0 bridgehead atoms. The molecule has 1 aliphatic rings. The topological polar surface area (TPSA) is 40.5 Å². The molecule has 1 aliphatic heterocycles. The summed E-state index contributed by atoms with van der Waals surface area (Å²) < 4.78 is 0. The van der Waals surface area contributed by atoms with Crippen LogP contribution in [0.25, 0.3) is 0 Å². The van der Waals surface area contributed by atoms with Gasteiger partial charge in [-0.25, -0.2) is 4.79 Å². The fourth-order valence-electron chi connectivity index (χ4n) is 3.33. The zero-order valence-corrected chi connectivity index (χ0v) is 12.8. The van der Waals surface area contributed by atoms with Crippen LogP contribution >= 0.6 is 0 Å². The van der Waals surface area contributed by atoms with Gasteiger partial charge in [-0.3, -0.25) is 4.90 Å². The normalized spacial score (nSPS) is 17.0. The maximum absolute atomic E-state index is 10.9. The molecule has 1 fully saturated rings. The molecule has 1 saturated heterocycles. The fraction of sp³-hybridized carbons (Fsp3) is 0.316. The zero-order chi connectivity index (χ0) is 15.6. The Morgan fingerprint density at radius 2 is 1.73 bits per heavy atom. The van der Waals surface area contributed by atoms with Crippen molar-refractivity contribution in [3.63, 3.8) is 0 Å². The number of aromatic carboxylic acids is 1. The monoisotopic (exact) mass is 295 g/mol. The first kappa shape index (κ1) is 14.8. The first-order chi connectivity index (χ1) is 10.6. The number of carboxylic acids is 1. The van der Waals surface area contributed by atoms with E-state index in [9.17, 15) is 4.79 Å². The Balaban J connectivity index is 1.64. The lowest BCUT2D eigenvalue weighted by molar-refractivity contribution is 0.0541. The van der Waals surface area contributed by atoms with E-state index in [4.69, 9.17) is 5.11 Å². The molecular weight excluding hydrogens is 274 g/mol. The van der Waals surface area contributed by atoms with E-state index in [1.165, 1.54) is 11.1 Å². The van der Waals surface area contributed by atoms with Gasteiger partial charge in [-0.2, -0.15) is 0 Å². The van der Waals surface area contributed by atoms with Crippen LogP contribution in [-0.2, 0) is 12.0 Å². The Morgan fingerprint density at radius 1 is 1.09 bits per heavy atom. The van der Waals surface area contributed by atoms with Gasteiger partial charge in [0.25, 0.3) is 0 Å². The van der Waals surface area contributed by atoms with Crippen LogP contribution in [0.5, 0.6) is 0 Å². The van der Waals surface area contributed by atoms with Crippen molar-refractivity contribution in [2.45, 2.75) is 25.3 Å². The van der Waals surface area contributed by atoms with Crippen LogP contribution in [0.1, 0.15) is 34.8 Å². The summed E-state index contributed by atoms with van der Waals surface area (Å²) in [5.41, 5.74) is 3.22. The standard InChI is InChI=1S/C19H21NO2/c1-2-19(17-6-4-3-5-7-17)13-20(14-19)12-15-8-10-16(11-9-15)18(21)22/h3-11H,2,12-14H2,1H3,(H,21,22). The lowest BCUT2D eigenvalue weighted by atomic mass is 9.71. The Hall–Kier alpha value is -2.13. The number of carboxylic acid groups (broad SMARTS) is 1. The van der Waals surface area contributed by atoms with Crippen molar-refractivity contribution in [1.29, 1.82) is 0 Å². The van der Waals surface area contributed by atoms with Crippen LogP contribution in [0.2, 0.25) is 0 Å². The SMILES string of the molecule is CCC1(c2ccccc2)CN(Cc2ccc(C(=O)O)cc2)C1. The molecule has 0 spiro atoms. The van der Waals surface area contributed by atoms with Crippen molar-refractivity contribution >= 4 is 5.97 Å². The summed E-state index contributed by atoms with van der Waals surface area (Å²) in [5, 5.41) is 8.93. The molecule has 2 aromatic carbocycles. The largest absolute Gasteiger partial charge is 0.478 e. The summed E-state index contributed by atoms with van der Waals surface area (Å²) in [6.45, 7) is 5.27. The van der Waals surface area contributed by atoms with Crippen molar-refractivity contribution in [1.82, 2.24) is 4.90 Å². The number of likely N-dealkylation sites (tertiary alicyclic amines) is 1. The molecule has 0 aliphatic carbocycles. The lowest BCUT2D eigenvalue weighted by Gasteiger charge is -2.50. The lowest BCUT2D eigenvalue weighted by Crippen LogP contribution is -2.58. The van der Waals surface area contributed by atoms with E-state index < -0.39 is 5.97 Å². The predicted molar refractivity (Wildman–Crippen MR) is 87.1 cm³/mol. The van der Waals surface area contributed by atoms with E-state index in [2.05, 4.69) is 42.2 Å². The third-order valence-electron chi connectivity index (χ3n) is 4.72. The van der Waals surface area contributed by atoms with Gasteiger partial charge in [-0.05, 0) is 29.7 Å². The minimum atomic E-state index is -0.871. The number of benzene rings is 2. The van der Waals surface area contributed by atoms with E-state index >= 15 is 0 Å². The molecule has 3 rings (SSSR count). The maximum atomic E-state index is 10.9. The third kappa shape index (κ3) is 2.77. The van der Waals surface area contributed by atoms with Gasteiger partial charge in [0.1, 0.15) is 0 Å². The smallest absolute Gasteiger partial charge is 0.335 e. The molecule has 0 saturated carbocycles. The predicted octanol–water partition coefficient (Wildman–Crippen LogP) is 3.55. The minimum Gasteiger partial charge on any atom is -0.478 e. The summed E-state index contributed by atoms with van der Waals surface area (Å²) in [7, 11) is 0. The van der Waals surface area contributed by atoms with Crippen molar-refractivity contribution < 1.29 is 9.90 Å². The quantitative estimate of drug-likeness (QED) is 0.917. The van der Waals surface area contributed by atoms with Crippen molar-refractivity contribution in [2.75, 3.05) is 13.1 Å². The molecule has 0 radical (unpaired) electrons. The second-order valence-corrected chi connectivity index (χ2v) is 6.15. The summed E-state index contributed by atoms with van der Waals surface area (Å²) in [6, 6.07) is 17.9. The zero-order valence-electron chi connectivity index (χ0n) is 12.8. The van der Waals surface area contributed by atoms with Gasteiger partial charge in [-0.1, -0.05) is 49.4 Å². The molecule has 0 aromatic heterocycles. The second-order valence-electron chi connectivity index (χ2n) is 6.15. The van der Waals surface area contributed by atoms with E-state index in [1.54, 1.807) is 12.1 Å². The third-order valence-corrected chi connectivity index (χ3v) is 4.72. The van der Waals surface area contributed by atoms with Crippen LogP contribution in [0, 0.1) is 0 Å². The van der Waals surface area contributed by atoms with Gasteiger partial charge in [0, 0.05) is 25.0 Å². The number of hydrogen-bond acceptors (Lipinski definition) is 2. The van der Waals surface area contributed by atoms with Crippen LogP contribution in [-0.4, -0.2) is 29.1 Å². The van der Waals surface area contributed by atoms with Crippen molar-refractivity contribution in [3.05, 3.63) is 71.3 Å². The summed E-state index contributed by atoms with van der Waals surface area (Å²) in [6.07, 6.45) is 1.14. The average molecular weight is 295 g/mol. The van der Waals surface area contributed by atoms with Crippen LogP contribution in [0.4, 0.5) is 0 Å². The maximum Gasteiger partial charge on any atom is 0.335 e. The molecule has 1 N–H and O–H groups in total. The minimum absolute atomic E-state index is 0.280. The molecule has 0 amide bonds. The van der Waals surface area contributed by atoms with Crippen molar-refractivity contribution in [3.8, 4) is 0 Å². The summed E-state index contributed by atoms with van der Waals surface area (Å²) >= 11 is 0. The highest BCUT2D eigenvalue weighted by molar-refractivity contribution is 5.87. The van der Waals surface area contributed by atoms with Crippen LogP contribution < -0.4 is 0 Å². The van der Waals surface area contributed by atoms with Gasteiger partial charge >= 0.3 is 5.97 Å². The Bertz CT molecular complexity index is 643. The highest BCUT2D eigenvalue weighted by Gasteiger charge is 2.42. The van der Waals surface area contributed by atoms with Gasteiger partial charge < -0.3 is 5.11 Å². The second kappa shape index (κ2) is 5.93. The number of hydrogen-bond donors (Lipinski definition) is 1. The highest BCUT2D eigenvalue weighted by atomic mass is 16.4.